The van der Waals surface area contributed by atoms with Crippen LogP contribution in [0.5, 0.6) is 0 Å². The van der Waals surface area contributed by atoms with Crippen molar-refractivity contribution in [1.29, 1.82) is 5.26 Å². The van der Waals surface area contributed by atoms with Gasteiger partial charge >= 0.3 is 5.97 Å². The molecule has 0 saturated heterocycles. The summed E-state index contributed by atoms with van der Waals surface area (Å²) >= 11 is 0. The molecule has 0 saturated carbocycles. The number of hydrogen-bond acceptors (Lipinski definition) is 5. The summed E-state index contributed by atoms with van der Waals surface area (Å²) in [6, 6.07) is 7.37. The largest absolute Gasteiger partial charge is 0.467 e. The number of methoxy groups -OCH3 is 1. The van der Waals surface area contributed by atoms with Crippen molar-refractivity contribution in [3.05, 3.63) is 29.8 Å². The van der Waals surface area contributed by atoms with Crippen LogP contribution in [0.25, 0.3) is 0 Å². The standard InChI is InChI=1S/C16H19N3O4/c1-10(7-8-17)14(16(22)23-3)19-15(21)12-5-4-6-13(9-12)18-11(2)20/h4-6,9-10,14H,7H2,1-3H3,(H,18,20)(H,19,21)/t10-,14-/m0/s1. The van der Waals surface area contributed by atoms with Gasteiger partial charge in [-0.15, -0.1) is 0 Å². The Kier molecular flexibility index (Phi) is 6.74. The van der Waals surface area contributed by atoms with Crippen LogP contribution in [-0.4, -0.2) is 30.9 Å². The van der Waals surface area contributed by atoms with Crippen molar-refractivity contribution in [2.75, 3.05) is 12.4 Å². The van der Waals surface area contributed by atoms with Crippen molar-refractivity contribution < 1.29 is 19.1 Å². The van der Waals surface area contributed by atoms with Crippen LogP contribution in [0.3, 0.4) is 0 Å². The van der Waals surface area contributed by atoms with E-state index in [-0.39, 0.29) is 17.9 Å². The zero-order valence-corrected chi connectivity index (χ0v) is 13.3. The van der Waals surface area contributed by atoms with E-state index in [0.717, 1.165) is 0 Å². The monoisotopic (exact) mass is 317 g/mol. The van der Waals surface area contributed by atoms with E-state index in [4.69, 9.17) is 5.26 Å². The smallest absolute Gasteiger partial charge is 0.328 e. The Hall–Kier alpha value is -2.88. The third kappa shape index (κ3) is 5.43. The normalized spacial score (nSPS) is 12.4. The van der Waals surface area contributed by atoms with E-state index in [0.29, 0.717) is 5.69 Å². The summed E-state index contributed by atoms with van der Waals surface area (Å²) in [7, 11) is 1.22. The van der Waals surface area contributed by atoms with Crippen molar-refractivity contribution >= 4 is 23.5 Å². The summed E-state index contributed by atoms with van der Waals surface area (Å²) in [6.07, 6.45) is 0.103. The van der Waals surface area contributed by atoms with Gasteiger partial charge in [0.15, 0.2) is 0 Å². The molecule has 0 spiro atoms. The molecule has 0 heterocycles. The van der Waals surface area contributed by atoms with Gasteiger partial charge < -0.3 is 15.4 Å². The van der Waals surface area contributed by atoms with E-state index >= 15 is 0 Å². The number of amides is 2. The molecule has 0 unspecified atom stereocenters. The highest BCUT2D eigenvalue weighted by atomic mass is 16.5. The molecule has 1 aromatic rings. The maximum atomic E-state index is 12.3. The Bertz CT molecular complexity index is 636. The van der Waals surface area contributed by atoms with Gasteiger partial charge in [0.1, 0.15) is 6.04 Å². The molecular weight excluding hydrogens is 298 g/mol. The lowest BCUT2D eigenvalue weighted by Crippen LogP contribution is -2.45. The first kappa shape index (κ1) is 18.2. The predicted octanol–water partition coefficient (Wildman–Crippen LogP) is 1.47. The van der Waals surface area contributed by atoms with Crippen molar-refractivity contribution in [1.82, 2.24) is 5.32 Å². The number of ether oxygens (including phenoxy) is 1. The number of benzene rings is 1. The highest BCUT2D eigenvalue weighted by Gasteiger charge is 2.28. The molecule has 0 aromatic heterocycles. The number of nitrogens with zero attached hydrogens (tertiary/aromatic N) is 1. The average molecular weight is 317 g/mol. The summed E-state index contributed by atoms with van der Waals surface area (Å²) in [5, 5.41) is 13.9. The molecule has 0 radical (unpaired) electrons. The van der Waals surface area contributed by atoms with Crippen molar-refractivity contribution in [2.45, 2.75) is 26.3 Å². The van der Waals surface area contributed by atoms with E-state index in [1.54, 1.807) is 25.1 Å². The molecule has 2 atom stereocenters. The summed E-state index contributed by atoms with van der Waals surface area (Å²) in [5.74, 6) is -1.75. The van der Waals surface area contributed by atoms with E-state index < -0.39 is 23.8 Å². The van der Waals surface area contributed by atoms with Gasteiger partial charge in [0, 0.05) is 30.5 Å². The minimum absolute atomic E-state index is 0.103. The molecule has 0 aliphatic heterocycles. The SMILES string of the molecule is COC(=O)[C@@H](NC(=O)c1cccc(NC(C)=O)c1)[C@@H](C)CC#N. The number of esters is 1. The molecule has 0 fully saturated rings. The van der Waals surface area contributed by atoms with Gasteiger partial charge in [-0.25, -0.2) is 4.79 Å². The van der Waals surface area contributed by atoms with Crippen LogP contribution in [-0.2, 0) is 14.3 Å². The van der Waals surface area contributed by atoms with Gasteiger partial charge in [-0.05, 0) is 18.2 Å². The molecule has 1 rings (SSSR count). The van der Waals surface area contributed by atoms with E-state index in [1.165, 1.54) is 20.1 Å². The Morgan fingerprint density at radius 2 is 2.04 bits per heavy atom. The summed E-state index contributed by atoms with van der Waals surface area (Å²) < 4.78 is 4.67. The Morgan fingerprint density at radius 1 is 1.35 bits per heavy atom. The summed E-state index contributed by atoms with van der Waals surface area (Å²) in [4.78, 5) is 35.2. The maximum Gasteiger partial charge on any atom is 0.328 e. The summed E-state index contributed by atoms with van der Waals surface area (Å²) in [5.41, 5.74) is 0.763. The molecule has 1 aromatic carbocycles. The van der Waals surface area contributed by atoms with Crippen LogP contribution in [0.15, 0.2) is 24.3 Å². The Balaban J connectivity index is 2.92. The van der Waals surface area contributed by atoms with Crippen LogP contribution in [0, 0.1) is 17.2 Å². The van der Waals surface area contributed by atoms with E-state index in [1.807, 2.05) is 6.07 Å². The molecule has 2 N–H and O–H groups in total. The lowest BCUT2D eigenvalue weighted by atomic mass is 9.98. The molecular formula is C16H19N3O4. The molecule has 0 aliphatic rings. The number of nitriles is 1. The lowest BCUT2D eigenvalue weighted by Gasteiger charge is -2.21. The topological polar surface area (TPSA) is 108 Å². The number of carbonyl (C=O) groups excluding carboxylic acids is 3. The quantitative estimate of drug-likeness (QED) is 0.772. The fourth-order valence-electron chi connectivity index (χ4n) is 1.99. The maximum absolute atomic E-state index is 12.3. The first-order valence-electron chi connectivity index (χ1n) is 7.02. The Labute approximate surface area is 134 Å². The van der Waals surface area contributed by atoms with Crippen molar-refractivity contribution in [3.8, 4) is 6.07 Å². The zero-order valence-electron chi connectivity index (χ0n) is 13.3. The van der Waals surface area contributed by atoms with Crippen LogP contribution in [0.4, 0.5) is 5.69 Å². The van der Waals surface area contributed by atoms with Crippen LogP contribution in [0.1, 0.15) is 30.6 Å². The third-order valence-electron chi connectivity index (χ3n) is 3.17. The molecule has 0 bridgehead atoms. The number of hydrogen-bond donors (Lipinski definition) is 2. The Morgan fingerprint density at radius 3 is 2.61 bits per heavy atom. The number of anilines is 1. The van der Waals surface area contributed by atoms with Crippen LogP contribution in [0.2, 0.25) is 0 Å². The minimum atomic E-state index is -0.920. The number of nitrogens with one attached hydrogen (secondary N) is 2. The highest BCUT2D eigenvalue weighted by Crippen LogP contribution is 2.13. The van der Waals surface area contributed by atoms with Gasteiger partial charge in [0.25, 0.3) is 5.91 Å². The predicted molar refractivity (Wildman–Crippen MR) is 83.4 cm³/mol. The second-order valence-corrected chi connectivity index (χ2v) is 5.08. The van der Waals surface area contributed by atoms with Crippen molar-refractivity contribution in [3.63, 3.8) is 0 Å². The third-order valence-corrected chi connectivity index (χ3v) is 3.17. The highest BCUT2D eigenvalue weighted by molar-refractivity contribution is 5.98. The fraction of sp³-hybridized carbons (Fsp3) is 0.375. The fourth-order valence-corrected chi connectivity index (χ4v) is 1.99. The molecule has 7 heteroatoms. The van der Waals surface area contributed by atoms with Gasteiger partial charge in [-0.2, -0.15) is 5.26 Å². The lowest BCUT2D eigenvalue weighted by molar-refractivity contribution is -0.144. The first-order chi connectivity index (χ1) is 10.9. The van der Waals surface area contributed by atoms with E-state index in [9.17, 15) is 14.4 Å². The van der Waals surface area contributed by atoms with Gasteiger partial charge in [0.05, 0.1) is 13.2 Å². The summed E-state index contributed by atoms with van der Waals surface area (Å²) in [6.45, 7) is 3.04. The average Bonchev–Trinajstić information content (AvgIpc) is 2.51. The molecule has 122 valence electrons. The number of carbonyl (C=O) groups is 3. The second-order valence-electron chi connectivity index (χ2n) is 5.08. The first-order valence-corrected chi connectivity index (χ1v) is 7.02. The molecule has 0 aliphatic carbocycles. The molecule has 7 nitrogen and oxygen atoms in total. The van der Waals surface area contributed by atoms with E-state index in [2.05, 4.69) is 15.4 Å². The molecule has 2 amide bonds. The van der Waals surface area contributed by atoms with Gasteiger partial charge in [-0.1, -0.05) is 13.0 Å². The van der Waals surface area contributed by atoms with Crippen molar-refractivity contribution in [2.24, 2.45) is 5.92 Å². The molecule has 23 heavy (non-hydrogen) atoms. The van der Waals surface area contributed by atoms with Gasteiger partial charge in [-0.3, -0.25) is 9.59 Å². The minimum Gasteiger partial charge on any atom is -0.467 e. The van der Waals surface area contributed by atoms with Gasteiger partial charge in [0.2, 0.25) is 5.91 Å². The zero-order chi connectivity index (χ0) is 17.4. The van der Waals surface area contributed by atoms with Crippen LogP contribution < -0.4 is 10.6 Å². The van der Waals surface area contributed by atoms with Crippen LogP contribution >= 0.6 is 0 Å². The number of rotatable bonds is 6. The second kappa shape index (κ2) is 8.54.